The molecule has 1 aromatic heterocycles. The number of hydrogen-bond acceptors (Lipinski definition) is 4. The minimum atomic E-state index is -0.266. The highest BCUT2D eigenvalue weighted by Gasteiger charge is 2.09. The van der Waals surface area contributed by atoms with Gasteiger partial charge in [0.25, 0.3) is 5.91 Å². The van der Waals surface area contributed by atoms with Gasteiger partial charge in [-0.3, -0.25) is 4.79 Å². The molecule has 0 aliphatic heterocycles. The topological polar surface area (TPSA) is 72.6 Å². The molecule has 6 nitrogen and oxygen atoms in total. The number of amides is 1. The highest BCUT2D eigenvalue weighted by molar-refractivity contribution is 5.93. The molecule has 0 fully saturated rings. The SMILES string of the molecule is COc1cc(NC(=O)COc2cccc3[nH]ccc23)cc(OC)c1. The second kappa shape index (κ2) is 6.95. The van der Waals surface area contributed by atoms with E-state index in [9.17, 15) is 4.79 Å². The molecule has 1 heterocycles. The maximum atomic E-state index is 12.1. The van der Waals surface area contributed by atoms with Crippen LogP contribution in [0.2, 0.25) is 0 Å². The summed E-state index contributed by atoms with van der Waals surface area (Å²) in [5.74, 6) is 1.59. The van der Waals surface area contributed by atoms with Crippen LogP contribution in [-0.4, -0.2) is 31.7 Å². The molecule has 0 saturated heterocycles. The van der Waals surface area contributed by atoms with Gasteiger partial charge in [0.15, 0.2) is 6.61 Å². The number of carbonyl (C=O) groups excluding carboxylic acids is 1. The van der Waals surface area contributed by atoms with Crippen molar-refractivity contribution in [3.63, 3.8) is 0 Å². The van der Waals surface area contributed by atoms with E-state index in [1.54, 1.807) is 32.4 Å². The largest absolute Gasteiger partial charge is 0.497 e. The molecule has 2 N–H and O–H groups in total. The van der Waals surface area contributed by atoms with Crippen molar-refractivity contribution in [3.05, 3.63) is 48.7 Å². The lowest BCUT2D eigenvalue weighted by Crippen LogP contribution is -2.20. The van der Waals surface area contributed by atoms with Crippen molar-refractivity contribution in [2.24, 2.45) is 0 Å². The fourth-order valence-electron chi connectivity index (χ4n) is 2.40. The summed E-state index contributed by atoms with van der Waals surface area (Å²) in [6.07, 6.45) is 1.83. The van der Waals surface area contributed by atoms with Gasteiger partial charge in [-0.1, -0.05) is 6.07 Å². The van der Waals surface area contributed by atoms with E-state index >= 15 is 0 Å². The highest BCUT2D eigenvalue weighted by Crippen LogP contribution is 2.26. The predicted molar refractivity (Wildman–Crippen MR) is 92.0 cm³/mol. The van der Waals surface area contributed by atoms with Crippen LogP contribution in [-0.2, 0) is 4.79 Å². The molecule has 0 atom stereocenters. The van der Waals surface area contributed by atoms with Crippen molar-refractivity contribution < 1.29 is 19.0 Å². The summed E-state index contributed by atoms with van der Waals surface area (Å²) in [4.78, 5) is 15.2. The van der Waals surface area contributed by atoms with Gasteiger partial charge in [-0.15, -0.1) is 0 Å². The molecule has 1 amide bonds. The first-order chi connectivity index (χ1) is 11.7. The Kier molecular flexibility index (Phi) is 4.56. The number of rotatable bonds is 6. The maximum Gasteiger partial charge on any atom is 0.262 e. The van der Waals surface area contributed by atoms with E-state index in [-0.39, 0.29) is 12.5 Å². The standard InChI is InChI=1S/C18H18N2O4/c1-22-13-8-12(9-14(10-13)23-2)20-18(21)11-24-17-5-3-4-16-15(17)6-7-19-16/h3-10,19H,11H2,1-2H3,(H,20,21). The first-order valence-corrected chi connectivity index (χ1v) is 7.41. The molecule has 6 heteroatoms. The molecule has 0 saturated carbocycles. The van der Waals surface area contributed by atoms with Crippen LogP contribution in [0.25, 0.3) is 10.9 Å². The Balaban J connectivity index is 1.67. The van der Waals surface area contributed by atoms with Crippen LogP contribution in [0.1, 0.15) is 0 Å². The van der Waals surface area contributed by atoms with Gasteiger partial charge in [0, 0.05) is 41.0 Å². The van der Waals surface area contributed by atoms with E-state index in [4.69, 9.17) is 14.2 Å². The Morgan fingerprint density at radius 1 is 1.08 bits per heavy atom. The molecule has 0 bridgehead atoms. The van der Waals surface area contributed by atoms with Crippen molar-refractivity contribution in [3.8, 4) is 17.2 Å². The number of aromatic nitrogens is 1. The first-order valence-electron chi connectivity index (χ1n) is 7.41. The summed E-state index contributed by atoms with van der Waals surface area (Å²) in [6, 6.07) is 12.7. The number of carbonyl (C=O) groups is 1. The molecule has 3 aromatic rings. The van der Waals surface area contributed by atoms with Gasteiger partial charge in [0.2, 0.25) is 0 Å². The molecule has 0 aliphatic rings. The number of nitrogens with one attached hydrogen (secondary N) is 2. The average molecular weight is 326 g/mol. The Morgan fingerprint density at radius 2 is 1.83 bits per heavy atom. The van der Waals surface area contributed by atoms with Crippen LogP contribution in [0.3, 0.4) is 0 Å². The number of methoxy groups -OCH3 is 2. The molecule has 0 aliphatic carbocycles. The first kappa shape index (κ1) is 15.7. The van der Waals surface area contributed by atoms with E-state index in [1.165, 1.54) is 0 Å². The van der Waals surface area contributed by atoms with Crippen LogP contribution in [0.15, 0.2) is 48.7 Å². The Bertz CT molecular complexity index is 835. The maximum absolute atomic E-state index is 12.1. The summed E-state index contributed by atoms with van der Waals surface area (Å²) < 4.78 is 16.0. The molecule has 0 spiro atoms. The zero-order valence-electron chi connectivity index (χ0n) is 13.5. The minimum Gasteiger partial charge on any atom is -0.497 e. The number of H-pyrrole nitrogens is 1. The number of benzene rings is 2. The summed E-state index contributed by atoms with van der Waals surface area (Å²) in [7, 11) is 3.11. The second-order valence-electron chi connectivity index (χ2n) is 5.13. The molecule has 0 unspecified atom stereocenters. The van der Waals surface area contributed by atoms with Crippen LogP contribution >= 0.6 is 0 Å². The predicted octanol–water partition coefficient (Wildman–Crippen LogP) is 3.20. The van der Waals surface area contributed by atoms with Gasteiger partial charge >= 0.3 is 0 Å². The van der Waals surface area contributed by atoms with Crippen LogP contribution < -0.4 is 19.5 Å². The van der Waals surface area contributed by atoms with E-state index < -0.39 is 0 Å². The fraction of sp³-hybridized carbons (Fsp3) is 0.167. The van der Waals surface area contributed by atoms with Gasteiger partial charge in [-0.2, -0.15) is 0 Å². The summed E-state index contributed by atoms with van der Waals surface area (Å²) in [5, 5.41) is 3.71. The van der Waals surface area contributed by atoms with E-state index in [0.29, 0.717) is 22.9 Å². The van der Waals surface area contributed by atoms with Crippen LogP contribution in [0.4, 0.5) is 5.69 Å². The van der Waals surface area contributed by atoms with E-state index in [1.807, 2.05) is 30.5 Å². The molecule has 124 valence electrons. The normalized spacial score (nSPS) is 10.4. The van der Waals surface area contributed by atoms with Crippen LogP contribution in [0.5, 0.6) is 17.2 Å². The third-order valence-corrected chi connectivity index (χ3v) is 3.55. The zero-order chi connectivity index (χ0) is 16.9. The number of aromatic amines is 1. The molecule has 2 aromatic carbocycles. The monoisotopic (exact) mass is 326 g/mol. The van der Waals surface area contributed by atoms with Crippen molar-refractivity contribution >= 4 is 22.5 Å². The Morgan fingerprint density at radius 3 is 2.54 bits per heavy atom. The smallest absolute Gasteiger partial charge is 0.262 e. The molecule has 24 heavy (non-hydrogen) atoms. The summed E-state index contributed by atoms with van der Waals surface area (Å²) in [5.41, 5.74) is 1.55. The third-order valence-electron chi connectivity index (χ3n) is 3.55. The summed E-state index contributed by atoms with van der Waals surface area (Å²) >= 11 is 0. The lowest BCUT2D eigenvalue weighted by Gasteiger charge is -2.11. The van der Waals surface area contributed by atoms with E-state index in [2.05, 4.69) is 10.3 Å². The lowest BCUT2D eigenvalue weighted by molar-refractivity contribution is -0.118. The highest BCUT2D eigenvalue weighted by atomic mass is 16.5. The lowest BCUT2D eigenvalue weighted by atomic mass is 10.2. The number of fused-ring (bicyclic) bond motifs is 1. The van der Waals surface area contributed by atoms with Gasteiger partial charge in [-0.25, -0.2) is 0 Å². The van der Waals surface area contributed by atoms with Crippen molar-refractivity contribution in [1.29, 1.82) is 0 Å². The van der Waals surface area contributed by atoms with Crippen molar-refractivity contribution in [1.82, 2.24) is 4.98 Å². The van der Waals surface area contributed by atoms with Gasteiger partial charge in [0.05, 0.1) is 14.2 Å². The third kappa shape index (κ3) is 3.43. The Labute approximate surface area is 139 Å². The van der Waals surface area contributed by atoms with Gasteiger partial charge in [0.1, 0.15) is 17.2 Å². The average Bonchev–Trinajstić information content (AvgIpc) is 3.08. The number of hydrogen-bond donors (Lipinski definition) is 2. The zero-order valence-corrected chi connectivity index (χ0v) is 13.5. The molecular weight excluding hydrogens is 308 g/mol. The fourth-order valence-corrected chi connectivity index (χ4v) is 2.40. The molecular formula is C18H18N2O4. The van der Waals surface area contributed by atoms with Gasteiger partial charge in [-0.05, 0) is 18.2 Å². The molecule has 0 radical (unpaired) electrons. The number of anilines is 1. The van der Waals surface area contributed by atoms with Crippen molar-refractivity contribution in [2.75, 3.05) is 26.1 Å². The van der Waals surface area contributed by atoms with Crippen molar-refractivity contribution in [2.45, 2.75) is 0 Å². The molecule has 3 rings (SSSR count). The number of ether oxygens (including phenoxy) is 3. The minimum absolute atomic E-state index is 0.0934. The Hall–Kier alpha value is -3.15. The second-order valence-corrected chi connectivity index (χ2v) is 5.13. The van der Waals surface area contributed by atoms with Crippen LogP contribution in [0, 0.1) is 0 Å². The quantitative estimate of drug-likeness (QED) is 0.729. The van der Waals surface area contributed by atoms with Gasteiger partial charge < -0.3 is 24.5 Å². The van der Waals surface area contributed by atoms with E-state index in [0.717, 1.165) is 10.9 Å². The summed E-state index contributed by atoms with van der Waals surface area (Å²) in [6.45, 7) is -0.0934.